The largest absolute Gasteiger partial charge is 0.495 e. The minimum absolute atomic E-state index is 0.0881. The Morgan fingerprint density at radius 3 is 2.46 bits per heavy atom. The summed E-state index contributed by atoms with van der Waals surface area (Å²) in [7, 11) is 1.46. The SMILES string of the molecule is CCOC(=O)c1ccc(NC(=S)Nc2cc([N+](=O)[O-])ccc2OC)cc1. The summed E-state index contributed by atoms with van der Waals surface area (Å²) in [5.74, 6) is 0.0125. The standard InChI is InChI=1S/C17H17N3O5S/c1-3-25-16(21)11-4-6-12(7-5-11)18-17(26)19-14-10-13(20(22)23)8-9-15(14)24-2/h4-10H,3H2,1-2H3,(H2,18,19,26). The highest BCUT2D eigenvalue weighted by Crippen LogP contribution is 2.29. The number of carbonyl (C=O) groups is 1. The lowest BCUT2D eigenvalue weighted by molar-refractivity contribution is -0.384. The van der Waals surface area contributed by atoms with Crippen LogP contribution in [0.5, 0.6) is 5.75 Å². The monoisotopic (exact) mass is 375 g/mol. The number of ether oxygens (including phenoxy) is 2. The number of rotatable bonds is 6. The Morgan fingerprint density at radius 2 is 1.88 bits per heavy atom. The Bertz CT molecular complexity index is 824. The van der Waals surface area contributed by atoms with Crippen molar-refractivity contribution in [3.05, 3.63) is 58.1 Å². The van der Waals surface area contributed by atoms with Gasteiger partial charge in [-0.25, -0.2) is 4.79 Å². The van der Waals surface area contributed by atoms with E-state index in [0.717, 1.165) is 0 Å². The number of nitrogens with zero attached hydrogens (tertiary/aromatic N) is 1. The molecule has 8 nitrogen and oxygen atoms in total. The first-order chi connectivity index (χ1) is 12.4. The van der Waals surface area contributed by atoms with Crippen molar-refractivity contribution >= 4 is 40.4 Å². The number of hydrogen-bond donors (Lipinski definition) is 2. The molecule has 0 amide bonds. The number of esters is 1. The van der Waals surface area contributed by atoms with Gasteiger partial charge in [-0.15, -0.1) is 0 Å². The Labute approximate surface area is 155 Å². The molecule has 0 radical (unpaired) electrons. The molecule has 0 heterocycles. The van der Waals surface area contributed by atoms with E-state index in [1.807, 2.05) is 0 Å². The van der Waals surface area contributed by atoms with Gasteiger partial charge in [-0.3, -0.25) is 10.1 Å². The molecule has 0 fully saturated rings. The van der Waals surface area contributed by atoms with Crippen molar-refractivity contribution in [1.29, 1.82) is 0 Å². The van der Waals surface area contributed by atoms with Crippen LogP contribution >= 0.6 is 12.2 Å². The van der Waals surface area contributed by atoms with Gasteiger partial charge in [-0.05, 0) is 49.5 Å². The molecular weight excluding hydrogens is 358 g/mol. The summed E-state index contributed by atoms with van der Waals surface area (Å²) in [4.78, 5) is 22.0. The van der Waals surface area contributed by atoms with Crippen LogP contribution in [-0.4, -0.2) is 29.7 Å². The number of thiocarbonyl (C=S) groups is 1. The predicted octanol–water partition coefficient (Wildman–Crippen LogP) is 3.59. The van der Waals surface area contributed by atoms with Gasteiger partial charge in [0.05, 0.1) is 29.9 Å². The van der Waals surface area contributed by atoms with Gasteiger partial charge < -0.3 is 20.1 Å². The molecule has 0 aromatic heterocycles. The average molecular weight is 375 g/mol. The molecule has 136 valence electrons. The van der Waals surface area contributed by atoms with Crippen molar-refractivity contribution in [3.8, 4) is 5.75 Å². The fraction of sp³-hybridized carbons (Fsp3) is 0.176. The van der Waals surface area contributed by atoms with E-state index in [9.17, 15) is 14.9 Å². The molecule has 2 aromatic rings. The van der Waals surface area contributed by atoms with Gasteiger partial charge in [0.25, 0.3) is 5.69 Å². The first-order valence-electron chi connectivity index (χ1n) is 7.62. The quantitative estimate of drug-likeness (QED) is 0.342. The molecule has 9 heteroatoms. The normalized spacial score (nSPS) is 9.92. The summed E-state index contributed by atoms with van der Waals surface area (Å²) < 4.78 is 10.1. The van der Waals surface area contributed by atoms with Gasteiger partial charge in [-0.2, -0.15) is 0 Å². The minimum atomic E-state index is -0.505. The Balaban J connectivity index is 2.08. The van der Waals surface area contributed by atoms with E-state index >= 15 is 0 Å². The predicted molar refractivity (Wildman–Crippen MR) is 102 cm³/mol. The Morgan fingerprint density at radius 1 is 1.19 bits per heavy atom. The third kappa shape index (κ3) is 4.90. The van der Waals surface area contributed by atoms with Gasteiger partial charge >= 0.3 is 5.97 Å². The molecule has 2 N–H and O–H groups in total. The van der Waals surface area contributed by atoms with Gasteiger partial charge in [0.2, 0.25) is 0 Å². The van der Waals surface area contributed by atoms with E-state index in [1.165, 1.54) is 25.3 Å². The molecule has 26 heavy (non-hydrogen) atoms. The zero-order valence-electron chi connectivity index (χ0n) is 14.1. The van der Waals surface area contributed by atoms with Crippen molar-refractivity contribution in [2.75, 3.05) is 24.4 Å². The van der Waals surface area contributed by atoms with Crippen molar-refractivity contribution in [2.24, 2.45) is 0 Å². The van der Waals surface area contributed by atoms with E-state index < -0.39 is 10.9 Å². The topological polar surface area (TPSA) is 103 Å². The lowest BCUT2D eigenvalue weighted by Gasteiger charge is -2.13. The highest BCUT2D eigenvalue weighted by atomic mass is 32.1. The van der Waals surface area contributed by atoms with Gasteiger partial charge in [0, 0.05) is 17.8 Å². The van der Waals surface area contributed by atoms with Crippen molar-refractivity contribution in [1.82, 2.24) is 0 Å². The van der Waals surface area contributed by atoms with Crippen LogP contribution in [0.2, 0.25) is 0 Å². The molecule has 0 saturated heterocycles. The minimum Gasteiger partial charge on any atom is -0.495 e. The number of hydrogen-bond acceptors (Lipinski definition) is 6. The van der Waals surface area contributed by atoms with Gasteiger partial charge in [0.15, 0.2) is 5.11 Å². The third-order valence-corrected chi connectivity index (χ3v) is 3.50. The second kappa shape index (κ2) is 8.77. The summed E-state index contributed by atoms with van der Waals surface area (Å²) in [6.45, 7) is 2.04. The Kier molecular flexibility index (Phi) is 6.45. The van der Waals surface area contributed by atoms with Gasteiger partial charge in [0.1, 0.15) is 5.75 Å². The molecule has 0 spiro atoms. The maximum absolute atomic E-state index is 11.6. The summed E-state index contributed by atoms with van der Waals surface area (Å²) >= 11 is 5.22. The van der Waals surface area contributed by atoms with Crippen LogP contribution in [0.1, 0.15) is 17.3 Å². The first kappa shape index (κ1) is 19.1. The van der Waals surface area contributed by atoms with E-state index in [0.29, 0.717) is 29.3 Å². The van der Waals surface area contributed by atoms with Crippen LogP contribution < -0.4 is 15.4 Å². The second-order valence-electron chi connectivity index (χ2n) is 5.02. The van der Waals surface area contributed by atoms with Crippen LogP contribution in [0.3, 0.4) is 0 Å². The molecule has 0 bridgehead atoms. The number of carbonyl (C=O) groups excluding carboxylic acids is 1. The maximum atomic E-state index is 11.6. The first-order valence-corrected chi connectivity index (χ1v) is 8.03. The molecule has 0 atom stereocenters. The maximum Gasteiger partial charge on any atom is 0.338 e. The molecule has 2 aromatic carbocycles. The average Bonchev–Trinajstić information content (AvgIpc) is 2.62. The van der Waals surface area contributed by atoms with Crippen LogP contribution in [0.4, 0.5) is 17.1 Å². The van der Waals surface area contributed by atoms with Crippen molar-refractivity contribution in [3.63, 3.8) is 0 Å². The molecular formula is C17H17N3O5S. The fourth-order valence-electron chi connectivity index (χ4n) is 2.10. The fourth-order valence-corrected chi connectivity index (χ4v) is 2.32. The van der Waals surface area contributed by atoms with E-state index in [2.05, 4.69) is 10.6 Å². The smallest absolute Gasteiger partial charge is 0.338 e. The number of benzene rings is 2. The lowest BCUT2D eigenvalue weighted by Crippen LogP contribution is -2.19. The number of methoxy groups -OCH3 is 1. The number of nitro groups is 1. The number of nitro benzene ring substituents is 1. The van der Waals surface area contributed by atoms with Crippen LogP contribution in [-0.2, 0) is 4.74 Å². The second-order valence-corrected chi connectivity index (χ2v) is 5.43. The van der Waals surface area contributed by atoms with Crippen LogP contribution in [0.25, 0.3) is 0 Å². The van der Waals surface area contributed by atoms with Crippen molar-refractivity contribution in [2.45, 2.75) is 6.92 Å². The Hall–Kier alpha value is -3.20. The van der Waals surface area contributed by atoms with Gasteiger partial charge in [-0.1, -0.05) is 0 Å². The zero-order chi connectivity index (χ0) is 19.1. The number of non-ortho nitro benzene ring substituents is 1. The summed E-state index contributed by atoms with van der Waals surface area (Å²) in [5.41, 5.74) is 1.34. The molecule has 0 unspecified atom stereocenters. The summed E-state index contributed by atoms with van der Waals surface area (Å²) in [5, 5.41) is 16.9. The lowest BCUT2D eigenvalue weighted by atomic mass is 10.2. The summed E-state index contributed by atoms with van der Waals surface area (Å²) in [6, 6.07) is 10.7. The molecule has 0 aliphatic rings. The van der Waals surface area contributed by atoms with Crippen molar-refractivity contribution < 1.29 is 19.2 Å². The molecule has 0 aliphatic carbocycles. The number of anilines is 2. The van der Waals surface area contributed by atoms with Crippen LogP contribution in [0.15, 0.2) is 42.5 Å². The number of nitrogens with one attached hydrogen (secondary N) is 2. The molecule has 0 saturated carbocycles. The molecule has 2 rings (SSSR count). The highest BCUT2D eigenvalue weighted by Gasteiger charge is 2.13. The third-order valence-electron chi connectivity index (χ3n) is 3.30. The van der Waals surface area contributed by atoms with Crippen LogP contribution in [0, 0.1) is 10.1 Å². The van der Waals surface area contributed by atoms with E-state index in [-0.39, 0.29) is 10.8 Å². The van der Waals surface area contributed by atoms with E-state index in [1.54, 1.807) is 31.2 Å². The highest BCUT2D eigenvalue weighted by molar-refractivity contribution is 7.80. The molecule has 0 aliphatic heterocycles. The summed E-state index contributed by atoms with van der Waals surface area (Å²) in [6.07, 6.45) is 0. The zero-order valence-corrected chi connectivity index (χ0v) is 15.0. The van der Waals surface area contributed by atoms with E-state index in [4.69, 9.17) is 21.7 Å².